The zero-order chi connectivity index (χ0) is 8.06. The Morgan fingerprint density at radius 3 is 2.73 bits per heavy atom. The Hall–Kier alpha value is -0.590. The summed E-state index contributed by atoms with van der Waals surface area (Å²) in [6, 6.07) is 0. The highest BCUT2D eigenvalue weighted by atomic mass is 16.1. The van der Waals surface area contributed by atoms with Gasteiger partial charge in [-0.3, -0.25) is 4.79 Å². The van der Waals surface area contributed by atoms with Crippen molar-refractivity contribution in [2.45, 2.75) is 33.1 Å². The van der Waals surface area contributed by atoms with Gasteiger partial charge < -0.3 is 0 Å². The summed E-state index contributed by atoms with van der Waals surface area (Å²) in [5.74, 6) is 1.05. The van der Waals surface area contributed by atoms with E-state index in [9.17, 15) is 4.79 Å². The Bertz CT molecular complexity index is 239. The molecule has 1 nitrogen and oxygen atoms in total. The molecular formula is C10H14O. The van der Waals surface area contributed by atoms with Crippen molar-refractivity contribution in [3.05, 3.63) is 11.6 Å². The highest BCUT2D eigenvalue weighted by Crippen LogP contribution is 2.58. The Labute approximate surface area is 67.5 Å². The SMILES string of the molecule is CC1=CC(=O)C2(CC1)CC2C. The van der Waals surface area contributed by atoms with Crippen molar-refractivity contribution in [2.75, 3.05) is 0 Å². The first-order chi connectivity index (χ1) is 5.15. The van der Waals surface area contributed by atoms with Crippen molar-refractivity contribution in [3.63, 3.8) is 0 Å². The van der Waals surface area contributed by atoms with Crippen molar-refractivity contribution in [2.24, 2.45) is 11.3 Å². The normalized spacial score (nSPS) is 42.5. The maximum absolute atomic E-state index is 11.5. The van der Waals surface area contributed by atoms with Gasteiger partial charge in [0.25, 0.3) is 0 Å². The van der Waals surface area contributed by atoms with Gasteiger partial charge in [0.2, 0.25) is 0 Å². The van der Waals surface area contributed by atoms with Crippen LogP contribution in [0.4, 0.5) is 0 Å². The van der Waals surface area contributed by atoms with E-state index in [2.05, 4.69) is 13.8 Å². The summed E-state index contributed by atoms with van der Waals surface area (Å²) >= 11 is 0. The average molecular weight is 150 g/mol. The number of hydrogen-bond acceptors (Lipinski definition) is 1. The smallest absolute Gasteiger partial charge is 0.162 e. The number of rotatable bonds is 0. The summed E-state index contributed by atoms with van der Waals surface area (Å²) < 4.78 is 0. The van der Waals surface area contributed by atoms with E-state index >= 15 is 0 Å². The summed E-state index contributed by atoms with van der Waals surface area (Å²) in [4.78, 5) is 11.5. The van der Waals surface area contributed by atoms with E-state index in [0.29, 0.717) is 11.7 Å². The lowest BCUT2D eigenvalue weighted by molar-refractivity contribution is -0.120. The second kappa shape index (κ2) is 1.96. The molecule has 11 heavy (non-hydrogen) atoms. The van der Waals surface area contributed by atoms with Crippen molar-refractivity contribution < 1.29 is 4.79 Å². The maximum atomic E-state index is 11.5. The molecule has 2 aliphatic carbocycles. The van der Waals surface area contributed by atoms with Crippen LogP contribution in [-0.2, 0) is 4.79 Å². The Kier molecular flexibility index (Phi) is 1.26. The molecule has 0 aromatic rings. The van der Waals surface area contributed by atoms with Gasteiger partial charge in [0.15, 0.2) is 5.78 Å². The molecule has 2 unspecified atom stereocenters. The molecule has 0 radical (unpaired) electrons. The van der Waals surface area contributed by atoms with Crippen LogP contribution in [0.1, 0.15) is 33.1 Å². The molecule has 0 N–H and O–H groups in total. The molecule has 1 heteroatoms. The number of hydrogen-bond donors (Lipinski definition) is 0. The van der Waals surface area contributed by atoms with Crippen LogP contribution in [0.25, 0.3) is 0 Å². The van der Waals surface area contributed by atoms with Gasteiger partial charge in [-0.25, -0.2) is 0 Å². The third-order valence-electron chi connectivity index (χ3n) is 3.29. The van der Waals surface area contributed by atoms with Crippen LogP contribution >= 0.6 is 0 Å². The molecule has 2 rings (SSSR count). The predicted molar refractivity (Wildman–Crippen MR) is 44.2 cm³/mol. The van der Waals surface area contributed by atoms with Crippen molar-refractivity contribution in [3.8, 4) is 0 Å². The standard InChI is InChI=1S/C10H14O/c1-7-3-4-10(6-8(10)2)9(11)5-7/h5,8H,3-4,6H2,1-2H3. The zero-order valence-electron chi connectivity index (χ0n) is 7.18. The average Bonchev–Trinajstić information content (AvgIpc) is 2.56. The Balaban J connectivity index is 2.24. The second-order valence-corrected chi connectivity index (χ2v) is 4.12. The fourth-order valence-corrected chi connectivity index (χ4v) is 2.16. The van der Waals surface area contributed by atoms with Crippen LogP contribution in [0.15, 0.2) is 11.6 Å². The lowest BCUT2D eigenvalue weighted by Gasteiger charge is -2.18. The highest BCUT2D eigenvalue weighted by Gasteiger charge is 2.56. The van der Waals surface area contributed by atoms with E-state index in [1.807, 2.05) is 6.08 Å². The minimum absolute atomic E-state index is 0.111. The van der Waals surface area contributed by atoms with E-state index in [1.165, 1.54) is 5.57 Å². The fourth-order valence-electron chi connectivity index (χ4n) is 2.16. The minimum Gasteiger partial charge on any atom is -0.294 e. The summed E-state index contributed by atoms with van der Waals surface area (Å²) in [5, 5.41) is 0. The predicted octanol–water partition coefficient (Wildman–Crippen LogP) is 2.32. The first-order valence-corrected chi connectivity index (χ1v) is 4.37. The van der Waals surface area contributed by atoms with E-state index in [4.69, 9.17) is 0 Å². The molecule has 0 saturated heterocycles. The highest BCUT2D eigenvalue weighted by molar-refractivity contribution is 5.98. The number of carbonyl (C=O) groups excluding carboxylic acids is 1. The molecule has 0 amide bonds. The summed E-state index contributed by atoms with van der Waals surface area (Å²) in [5.41, 5.74) is 1.37. The van der Waals surface area contributed by atoms with Crippen LogP contribution in [0, 0.1) is 11.3 Å². The number of carbonyl (C=O) groups is 1. The lowest BCUT2D eigenvalue weighted by Crippen LogP contribution is -2.19. The fraction of sp³-hybridized carbons (Fsp3) is 0.700. The largest absolute Gasteiger partial charge is 0.294 e. The van der Waals surface area contributed by atoms with Gasteiger partial charge in [0.1, 0.15) is 0 Å². The molecule has 2 aliphatic rings. The van der Waals surface area contributed by atoms with Crippen molar-refractivity contribution in [1.82, 2.24) is 0 Å². The third kappa shape index (κ3) is 0.867. The van der Waals surface area contributed by atoms with E-state index in [0.717, 1.165) is 19.3 Å². The van der Waals surface area contributed by atoms with Crippen molar-refractivity contribution in [1.29, 1.82) is 0 Å². The van der Waals surface area contributed by atoms with Gasteiger partial charge >= 0.3 is 0 Å². The van der Waals surface area contributed by atoms with Gasteiger partial charge in [0, 0.05) is 5.41 Å². The molecule has 60 valence electrons. The van der Waals surface area contributed by atoms with E-state index < -0.39 is 0 Å². The van der Waals surface area contributed by atoms with Crippen LogP contribution in [0.5, 0.6) is 0 Å². The van der Waals surface area contributed by atoms with Gasteiger partial charge in [-0.1, -0.05) is 12.5 Å². The van der Waals surface area contributed by atoms with E-state index in [1.54, 1.807) is 0 Å². The minimum atomic E-state index is 0.111. The maximum Gasteiger partial charge on any atom is 0.162 e. The van der Waals surface area contributed by atoms with Gasteiger partial charge in [-0.05, 0) is 38.2 Å². The molecule has 1 fully saturated rings. The number of ketones is 1. The molecule has 2 atom stereocenters. The van der Waals surface area contributed by atoms with Crippen molar-refractivity contribution >= 4 is 5.78 Å². The van der Waals surface area contributed by atoms with Gasteiger partial charge in [-0.2, -0.15) is 0 Å². The van der Waals surface area contributed by atoms with E-state index in [-0.39, 0.29) is 5.41 Å². The molecule has 0 aromatic heterocycles. The third-order valence-corrected chi connectivity index (χ3v) is 3.29. The molecule has 0 aliphatic heterocycles. The van der Waals surface area contributed by atoms with Crippen LogP contribution in [0.3, 0.4) is 0 Å². The van der Waals surface area contributed by atoms with Crippen LogP contribution in [0.2, 0.25) is 0 Å². The Morgan fingerprint density at radius 1 is 1.64 bits per heavy atom. The second-order valence-electron chi connectivity index (χ2n) is 4.12. The summed E-state index contributed by atoms with van der Waals surface area (Å²) in [6.07, 6.45) is 5.23. The monoisotopic (exact) mass is 150 g/mol. The molecule has 1 saturated carbocycles. The summed E-state index contributed by atoms with van der Waals surface area (Å²) in [6.45, 7) is 4.24. The molecule has 1 spiro atoms. The first kappa shape index (κ1) is 7.08. The molecule has 0 heterocycles. The van der Waals surface area contributed by atoms with Gasteiger partial charge in [0.05, 0.1) is 0 Å². The van der Waals surface area contributed by atoms with Gasteiger partial charge in [-0.15, -0.1) is 0 Å². The summed E-state index contributed by atoms with van der Waals surface area (Å²) in [7, 11) is 0. The quantitative estimate of drug-likeness (QED) is 0.518. The lowest BCUT2D eigenvalue weighted by atomic mass is 9.85. The first-order valence-electron chi connectivity index (χ1n) is 4.37. The zero-order valence-corrected chi connectivity index (χ0v) is 7.18. The van der Waals surface area contributed by atoms with Crippen LogP contribution in [-0.4, -0.2) is 5.78 Å². The number of allylic oxidation sites excluding steroid dienone is 2. The molecule has 0 aromatic carbocycles. The van der Waals surface area contributed by atoms with Crippen LogP contribution < -0.4 is 0 Å². The topological polar surface area (TPSA) is 17.1 Å². The Morgan fingerprint density at radius 2 is 2.27 bits per heavy atom. The molecule has 0 bridgehead atoms. The molecular weight excluding hydrogens is 136 g/mol.